The van der Waals surface area contributed by atoms with E-state index in [2.05, 4.69) is 14.8 Å². The molecule has 1 aliphatic heterocycles. The molecule has 0 bridgehead atoms. The van der Waals surface area contributed by atoms with Crippen LogP contribution in [0.4, 0.5) is 4.79 Å². The van der Waals surface area contributed by atoms with E-state index < -0.39 is 30.1 Å². The number of hydrogen-bond donors (Lipinski definition) is 0. The van der Waals surface area contributed by atoms with E-state index in [1.807, 2.05) is 6.07 Å². The number of benzene rings is 1. The Morgan fingerprint density at radius 3 is 2.36 bits per heavy atom. The maximum atomic E-state index is 12.6. The standard InChI is InChI=1S/C13H13ClNO3.3CH3.Sn/c1-13(2,3)18-12(17)15-7-8-5-4-6-9(14)10(8)11(15)16;;;;/h4,6H,7H2,1-3H3;3*1H3;. The molecule has 1 aromatic rings. The predicted molar refractivity (Wildman–Crippen MR) is 90.5 cm³/mol. The van der Waals surface area contributed by atoms with Crippen molar-refractivity contribution in [3.8, 4) is 0 Å². The number of carbonyl (C=O) groups is 2. The van der Waals surface area contributed by atoms with E-state index in [-0.39, 0.29) is 12.5 Å². The first-order valence-electron chi connectivity index (χ1n) is 7.28. The fourth-order valence-corrected chi connectivity index (χ4v) is 7.64. The van der Waals surface area contributed by atoms with Crippen LogP contribution in [0.15, 0.2) is 12.1 Å². The van der Waals surface area contributed by atoms with Crippen molar-refractivity contribution in [3.05, 3.63) is 28.3 Å². The molecule has 2 amide bonds. The van der Waals surface area contributed by atoms with Crippen molar-refractivity contribution < 1.29 is 14.3 Å². The van der Waals surface area contributed by atoms with Gasteiger partial charge in [0.25, 0.3) is 0 Å². The van der Waals surface area contributed by atoms with Crippen molar-refractivity contribution in [2.45, 2.75) is 47.7 Å². The number of halogens is 1. The van der Waals surface area contributed by atoms with E-state index in [4.69, 9.17) is 16.3 Å². The van der Waals surface area contributed by atoms with Gasteiger partial charge in [0.2, 0.25) is 0 Å². The summed E-state index contributed by atoms with van der Waals surface area (Å²) in [5.74, 6) is -0.355. The van der Waals surface area contributed by atoms with Gasteiger partial charge >= 0.3 is 141 Å². The van der Waals surface area contributed by atoms with Gasteiger partial charge in [0.05, 0.1) is 0 Å². The second-order valence-electron chi connectivity index (χ2n) is 7.57. The summed E-state index contributed by atoms with van der Waals surface area (Å²) < 4.78 is 6.56. The first kappa shape index (κ1) is 17.6. The van der Waals surface area contributed by atoms with Gasteiger partial charge in [0.1, 0.15) is 0 Å². The Morgan fingerprint density at radius 2 is 1.86 bits per heavy atom. The normalized spacial score (nSPS) is 15.0. The Bertz CT molecular complexity index is 644. The minimum atomic E-state index is -2.41. The molecule has 0 spiro atoms. The molecule has 6 heteroatoms. The SMILES string of the molecule is CC(C)(C)OC(=O)N1Cc2[c]([Sn]([CH3])([CH3])[CH3])ccc(Cl)c2C1=O. The van der Waals surface area contributed by atoms with E-state index in [0.29, 0.717) is 10.6 Å². The number of carbonyl (C=O) groups excluding carboxylic acids is 2. The summed E-state index contributed by atoms with van der Waals surface area (Å²) in [4.78, 5) is 32.8. The van der Waals surface area contributed by atoms with Crippen LogP contribution in [0.3, 0.4) is 0 Å². The molecule has 0 N–H and O–H groups in total. The monoisotopic (exact) mass is 431 g/mol. The van der Waals surface area contributed by atoms with E-state index in [1.54, 1.807) is 26.8 Å². The summed E-state index contributed by atoms with van der Waals surface area (Å²) in [6.45, 7) is 5.60. The van der Waals surface area contributed by atoms with Gasteiger partial charge in [-0.3, -0.25) is 0 Å². The number of ether oxygens (including phenoxy) is 1. The third-order valence-corrected chi connectivity index (χ3v) is 9.72. The second-order valence-corrected chi connectivity index (χ2v) is 22.4. The number of amides is 2. The number of rotatable bonds is 1. The first-order valence-corrected chi connectivity index (χ1v) is 17.7. The van der Waals surface area contributed by atoms with Crippen LogP contribution in [0.2, 0.25) is 19.8 Å². The molecule has 0 radical (unpaired) electrons. The van der Waals surface area contributed by atoms with Crippen LogP contribution in [0.25, 0.3) is 0 Å². The van der Waals surface area contributed by atoms with Crippen LogP contribution in [0.5, 0.6) is 0 Å². The molecule has 120 valence electrons. The van der Waals surface area contributed by atoms with Crippen molar-refractivity contribution in [1.29, 1.82) is 0 Å². The predicted octanol–water partition coefficient (Wildman–Crippen LogP) is 3.78. The summed E-state index contributed by atoms with van der Waals surface area (Å²) in [6, 6.07) is 3.79. The Labute approximate surface area is 140 Å². The fraction of sp³-hybridized carbons (Fsp3) is 0.500. The summed E-state index contributed by atoms with van der Waals surface area (Å²) in [6.07, 6.45) is -0.611. The molecule has 0 saturated carbocycles. The zero-order valence-corrected chi connectivity index (χ0v) is 17.5. The van der Waals surface area contributed by atoms with Gasteiger partial charge in [-0.1, -0.05) is 0 Å². The number of fused-ring (bicyclic) bond motifs is 1. The molecule has 22 heavy (non-hydrogen) atoms. The van der Waals surface area contributed by atoms with Gasteiger partial charge in [-0.15, -0.1) is 0 Å². The second kappa shape index (κ2) is 5.71. The third kappa shape index (κ3) is 3.43. The molecule has 0 aliphatic carbocycles. The molecular formula is C16H22ClNO3Sn. The number of hydrogen-bond acceptors (Lipinski definition) is 3. The average Bonchev–Trinajstić information content (AvgIpc) is 2.64. The van der Waals surface area contributed by atoms with Crippen molar-refractivity contribution in [3.63, 3.8) is 0 Å². The maximum absolute atomic E-state index is 12.6. The minimum absolute atomic E-state index is 0.257. The van der Waals surface area contributed by atoms with Gasteiger partial charge in [0, 0.05) is 0 Å². The van der Waals surface area contributed by atoms with Gasteiger partial charge in [-0.05, 0) is 0 Å². The van der Waals surface area contributed by atoms with Crippen molar-refractivity contribution >= 4 is 45.6 Å². The molecule has 1 aliphatic rings. The molecule has 4 nitrogen and oxygen atoms in total. The van der Waals surface area contributed by atoms with Crippen LogP contribution >= 0.6 is 11.6 Å². The van der Waals surface area contributed by atoms with Crippen molar-refractivity contribution in [2.24, 2.45) is 0 Å². The summed E-state index contributed by atoms with van der Waals surface area (Å²) in [5, 5.41) is 0.408. The zero-order valence-electron chi connectivity index (χ0n) is 13.9. The van der Waals surface area contributed by atoms with Crippen LogP contribution in [-0.4, -0.2) is 40.9 Å². The average molecular weight is 431 g/mol. The van der Waals surface area contributed by atoms with Crippen LogP contribution in [-0.2, 0) is 11.3 Å². The third-order valence-electron chi connectivity index (χ3n) is 3.46. The van der Waals surface area contributed by atoms with Gasteiger partial charge in [-0.2, -0.15) is 0 Å². The van der Waals surface area contributed by atoms with Crippen LogP contribution in [0.1, 0.15) is 36.7 Å². The molecule has 0 fully saturated rings. The molecular weight excluding hydrogens is 408 g/mol. The number of imide groups is 1. The molecule has 0 aromatic heterocycles. The van der Waals surface area contributed by atoms with E-state index in [1.165, 1.54) is 3.58 Å². The Hall–Kier alpha value is -0.751. The van der Waals surface area contributed by atoms with Gasteiger partial charge < -0.3 is 0 Å². The topological polar surface area (TPSA) is 46.6 Å². The Kier molecular flexibility index (Phi) is 4.57. The summed E-state index contributed by atoms with van der Waals surface area (Å²) in [5.41, 5.74) is 0.741. The Balaban J connectivity index is 2.43. The molecule has 1 aromatic carbocycles. The summed E-state index contributed by atoms with van der Waals surface area (Å²) >= 11 is 3.80. The van der Waals surface area contributed by atoms with Crippen molar-refractivity contribution in [2.75, 3.05) is 0 Å². The number of nitrogens with zero attached hydrogens (tertiary/aromatic N) is 1. The van der Waals surface area contributed by atoms with E-state index in [9.17, 15) is 9.59 Å². The van der Waals surface area contributed by atoms with Crippen LogP contribution in [0, 0.1) is 0 Å². The fourth-order valence-electron chi connectivity index (χ4n) is 2.55. The molecule has 0 atom stereocenters. The first-order chi connectivity index (χ1) is 9.92. The molecule has 0 unspecified atom stereocenters. The summed E-state index contributed by atoms with van der Waals surface area (Å²) in [7, 11) is 0. The van der Waals surface area contributed by atoms with Crippen LogP contribution < -0.4 is 3.58 Å². The zero-order chi connectivity index (χ0) is 16.9. The van der Waals surface area contributed by atoms with Gasteiger partial charge in [0.15, 0.2) is 0 Å². The molecule has 1 heterocycles. The van der Waals surface area contributed by atoms with E-state index in [0.717, 1.165) is 10.5 Å². The van der Waals surface area contributed by atoms with Gasteiger partial charge in [-0.25, -0.2) is 0 Å². The van der Waals surface area contributed by atoms with Crippen molar-refractivity contribution in [1.82, 2.24) is 4.90 Å². The van der Waals surface area contributed by atoms with E-state index >= 15 is 0 Å². The molecule has 0 saturated heterocycles. The quantitative estimate of drug-likeness (QED) is 0.637. The Morgan fingerprint density at radius 1 is 1.27 bits per heavy atom. The molecule has 2 rings (SSSR count).